The van der Waals surface area contributed by atoms with Gasteiger partial charge in [0.25, 0.3) is 5.91 Å². The van der Waals surface area contributed by atoms with Crippen molar-refractivity contribution in [3.05, 3.63) is 89.7 Å². The van der Waals surface area contributed by atoms with Crippen molar-refractivity contribution in [3.63, 3.8) is 0 Å². The van der Waals surface area contributed by atoms with Gasteiger partial charge in [-0.15, -0.1) is 0 Å². The number of hydrogen-bond donors (Lipinski definition) is 2. The van der Waals surface area contributed by atoms with E-state index < -0.39 is 0 Å². The number of hydrogen-bond acceptors (Lipinski definition) is 3. The van der Waals surface area contributed by atoms with Crippen molar-refractivity contribution in [1.82, 2.24) is 10.3 Å². The minimum absolute atomic E-state index is 0.0266. The van der Waals surface area contributed by atoms with E-state index in [9.17, 15) is 4.79 Å². The first kappa shape index (κ1) is 20.3. The third kappa shape index (κ3) is 6.61. The standard InChI is InChI=1S/C25H27N3O/c1-19(2)16-18-27-25(29)21-9-14-24(15-10-21)28-23-12-7-20(8-13-23)6-11-22-5-3-4-17-26-22/h3-15,17,19,28H,16,18H2,1-2H3,(H,27,29). The maximum absolute atomic E-state index is 12.2. The summed E-state index contributed by atoms with van der Waals surface area (Å²) in [5.74, 6) is 0.556. The molecule has 0 atom stereocenters. The number of nitrogens with zero attached hydrogens (tertiary/aromatic N) is 1. The molecule has 2 N–H and O–H groups in total. The molecule has 0 aliphatic rings. The molecule has 0 bridgehead atoms. The van der Waals surface area contributed by atoms with Gasteiger partial charge in [-0.3, -0.25) is 9.78 Å². The Morgan fingerprint density at radius 1 is 0.931 bits per heavy atom. The van der Waals surface area contributed by atoms with E-state index in [2.05, 4.69) is 41.6 Å². The van der Waals surface area contributed by atoms with Crippen LogP contribution in [0.5, 0.6) is 0 Å². The second-order valence-corrected chi connectivity index (χ2v) is 7.35. The van der Waals surface area contributed by atoms with E-state index >= 15 is 0 Å². The Bertz CT molecular complexity index is 930. The average molecular weight is 386 g/mol. The highest BCUT2D eigenvalue weighted by Gasteiger charge is 2.05. The van der Waals surface area contributed by atoms with Gasteiger partial charge in [0.1, 0.15) is 0 Å². The summed E-state index contributed by atoms with van der Waals surface area (Å²) in [6.45, 7) is 5.00. The normalized spacial score (nSPS) is 11.0. The van der Waals surface area contributed by atoms with Crippen LogP contribution in [0.2, 0.25) is 0 Å². The molecule has 1 amide bonds. The van der Waals surface area contributed by atoms with Crippen LogP contribution in [0.25, 0.3) is 12.2 Å². The van der Waals surface area contributed by atoms with Crippen LogP contribution in [-0.4, -0.2) is 17.4 Å². The number of carbonyl (C=O) groups excluding carboxylic acids is 1. The molecule has 0 saturated carbocycles. The predicted octanol–water partition coefficient (Wildman–Crippen LogP) is 5.77. The van der Waals surface area contributed by atoms with Crippen LogP contribution < -0.4 is 10.6 Å². The Morgan fingerprint density at radius 2 is 1.62 bits per heavy atom. The molecule has 0 saturated heterocycles. The fourth-order valence-corrected chi connectivity index (χ4v) is 2.78. The number of amides is 1. The molecule has 4 heteroatoms. The molecule has 3 aromatic rings. The zero-order valence-electron chi connectivity index (χ0n) is 16.9. The Hall–Kier alpha value is -3.40. The van der Waals surface area contributed by atoms with Crippen LogP contribution in [-0.2, 0) is 0 Å². The number of nitrogens with one attached hydrogen (secondary N) is 2. The SMILES string of the molecule is CC(C)CCNC(=O)c1ccc(Nc2ccc(C=Cc3ccccn3)cc2)cc1. The lowest BCUT2D eigenvalue weighted by Crippen LogP contribution is -2.25. The van der Waals surface area contributed by atoms with Crippen LogP contribution in [0, 0.1) is 5.92 Å². The van der Waals surface area contributed by atoms with Gasteiger partial charge in [-0.2, -0.15) is 0 Å². The molecule has 1 aromatic heterocycles. The van der Waals surface area contributed by atoms with Gasteiger partial charge < -0.3 is 10.6 Å². The lowest BCUT2D eigenvalue weighted by molar-refractivity contribution is 0.0952. The highest BCUT2D eigenvalue weighted by molar-refractivity contribution is 5.94. The van der Waals surface area contributed by atoms with Gasteiger partial charge in [-0.25, -0.2) is 0 Å². The van der Waals surface area contributed by atoms with Crippen molar-refractivity contribution in [1.29, 1.82) is 0 Å². The highest BCUT2D eigenvalue weighted by atomic mass is 16.1. The van der Waals surface area contributed by atoms with Crippen molar-refractivity contribution >= 4 is 29.4 Å². The number of pyridine rings is 1. The number of benzene rings is 2. The lowest BCUT2D eigenvalue weighted by atomic mass is 10.1. The first-order chi connectivity index (χ1) is 14.1. The maximum atomic E-state index is 12.2. The second kappa shape index (κ2) is 10.2. The van der Waals surface area contributed by atoms with E-state index in [1.165, 1.54) is 0 Å². The first-order valence-corrected chi connectivity index (χ1v) is 9.94. The molecular formula is C25H27N3O. The highest BCUT2D eigenvalue weighted by Crippen LogP contribution is 2.18. The summed E-state index contributed by atoms with van der Waals surface area (Å²) in [6.07, 6.45) is 6.80. The monoisotopic (exact) mass is 385 g/mol. The number of anilines is 2. The summed E-state index contributed by atoms with van der Waals surface area (Å²) in [4.78, 5) is 16.4. The molecular weight excluding hydrogens is 358 g/mol. The van der Waals surface area contributed by atoms with Crippen LogP contribution in [0.4, 0.5) is 11.4 Å². The van der Waals surface area contributed by atoms with Crippen molar-refractivity contribution in [2.45, 2.75) is 20.3 Å². The largest absolute Gasteiger partial charge is 0.356 e. The molecule has 29 heavy (non-hydrogen) atoms. The van der Waals surface area contributed by atoms with E-state index in [0.717, 1.165) is 29.1 Å². The Kier molecular flexibility index (Phi) is 7.17. The summed E-state index contributed by atoms with van der Waals surface area (Å²) in [5, 5.41) is 6.32. The first-order valence-electron chi connectivity index (χ1n) is 9.94. The molecule has 1 heterocycles. The lowest BCUT2D eigenvalue weighted by Gasteiger charge is -2.09. The van der Waals surface area contributed by atoms with Gasteiger partial charge in [0.15, 0.2) is 0 Å². The minimum atomic E-state index is -0.0266. The van der Waals surface area contributed by atoms with Gasteiger partial charge in [0.2, 0.25) is 0 Å². The number of rotatable bonds is 8. The van der Waals surface area contributed by atoms with Gasteiger partial charge in [-0.05, 0) is 72.5 Å². The molecule has 4 nitrogen and oxygen atoms in total. The Morgan fingerprint density at radius 3 is 2.24 bits per heavy atom. The van der Waals surface area contributed by atoms with E-state index in [1.54, 1.807) is 6.20 Å². The van der Waals surface area contributed by atoms with Crippen molar-refractivity contribution < 1.29 is 4.79 Å². The van der Waals surface area contributed by atoms with Crippen LogP contribution in [0.3, 0.4) is 0 Å². The molecule has 0 aliphatic carbocycles. The van der Waals surface area contributed by atoms with E-state index in [0.29, 0.717) is 18.0 Å². The molecule has 2 aromatic carbocycles. The van der Waals surface area contributed by atoms with Crippen molar-refractivity contribution in [2.24, 2.45) is 5.92 Å². The zero-order valence-corrected chi connectivity index (χ0v) is 16.9. The van der Waals surface area contributed by atoms with Crippen molar-refractivity contribution in [3.8, 4) is 0 Å². The minimum Gasteiger partial charge on any atom is -0.356 e. The maximum Gasteiger partial charge on any atom is 0.251 e. The summed E-state index contributed by atoms with van der Waals surface area (Å²) in [5.41, 5.74) is 4.65. The van der Waals surface area contributed by atoms with Gasteiger partial charge in [-0.1, -0.05) is 38.1 Å². The summed E-state index contributed by atoms with van der Waals surface area (Å²) >= 11 is 0. The van der Waals surface area contributed by atoms with Crippen LogP contribution in [0.1, 0.15) is 41.9 Å². The third-order valence-electron chi connectivity index (χ3n) is 4.49. The van der Waals surface area contributed by atoms with Crippen molar-refractivity contribution in [2.75, 3.05) is 11.9 Å². The second-order valence-electron chi connectivity index (χ2n) is 7.35. The average Bonchev–Trinajstić information content (AvgIpc) is 2.74. The fourth-order valence-electron chi connectivity index (χ4n) is 2.78. The number of aromatic nitrogens is 1. The molecule has 148 valence electrons. The smallest absolute Gasteiger partial charge is 0.251 e. The molecule has 0 unspecified atom stereocenters. The Labute approximate surface area is 172 Å². The summed E-state index contributed by atoms with van der Waals surface area (Å²) in [6, 6.07) is 21.6. The van der Waals surface area contributed by atoms with Crippen LogP contribution in [0.15, 0.2) is 72.9 Å². The zero-order chi connectivity index (χ0) is 20.5. The molecule has 0 spiro atoms. The van der Waals surface area contributed by atoms with E-state index in [-0.39, 0.29) is 5.91 Å². The fraction of sp³-hybridized carbons (Fsp3) is 0.200. The van der Waals surface area contributed by atoms with Crippen LogP contribution >= 0.6 is 0 Å². The Balaban J connectivity index is 1.54. The van der Waals surface area contributed by atoms with Gasteiger partial charge >= 0.3 is 0 Å². The molecule has 0 aliphatic heterocycles. The molecule has 3 rings (SSSR count). The topological polar surface area (TPSA) is 54.0 Å². The van der Waals surface area contributed by atoms with E-state index in [4.69, 9.17) is 0 Å². The molecule has 0 fully saturated rings. The quantitative estimate of drug-likeness (QED) is 0.517. The molecule has 0 radical (unpaired) electrons. The number of carbonyl (C=O) groups is 1. The van der Waals surface area contributed by atoms with E-state index in [1.807, 2.05) is 66.7 Å². The summed E-state index contributed by atoms with van der Waals surface area (Å²) in [7, 11) is 0. The third-order valence-corrected chi connectivity index (χ3v) is 4.49. The summed E-state index contributed by atoms with van der Waals surface area (Å²) < 4.78 is 0. The van der Waals surface area contributed by atoms with Gasteiger partial charge in [0.05, 0.1) is 5.69 Å². The van der Waals surface area contributed by atoms with Gasteiger partial charge in [0, 0.05) is 29.7 Å². The predicted molar refractivity (Wildman–Crippen MR) is 121 cm³/mol.